The van der Waals surface area contributed by atoms with Crippen LogP contribution in [0, 0.1) is 34.0 Å². The Bertz CT molecular complexity index is 831. The maximum Gasteiger partial charge on any atom is 0.307 e. The molecule has 0 N–H and O–H groups in total. The van der Waals surface area contributed by atoms with Crippen LogP contribution >= 0.6 is 0 Å². The molecule has 4 aliphatic carbocycles. The van der Waals surface area contributed by atoms with Crippen molar-refractivity contribution in [3.8, 4) is 0 Å². The summed E-state index contributed by atoms with van der Waals surface area (Å²) in [7, 11) is 0. The molecule has 0 bridgehead atoms. The van der Waals surface area contributed by atoms with Crippen LogP contribution in [0.3, 0.4) is 0 Å². The number of nitrogens with zero attached hydrogens (tertiary/aromatic N) is 1. The highest BCUT2D eigenvalue weighted by molar-refractivity contribution is 5.87. The summed E-state index contributed by atoms with van der Waals surface area (Å²) in [5.74, 6) is 2.44. The summed E-state index contributed by atoms with van der Waals surface area (Å²) < 4.78 is 6.01. The Morgan fingerprint density at radius 2 is 1.82 bits per heavy atom. The maximum atomic E-state index is 12.7. The van der Waals surface area contributed by atoms with Crippen LogP contribution in [-0.4, -0.2) is 42.4 Å². The molecule has 0 spiro atoms. The second kappa shape index (κ2) is 8.50. The van der Waals surface area contributed by atoms with Gasteiger partial charge in [-0.2, -0.15) is 0 Å². The second-order valence-corrected chi connectivity index (χ2v) is 13.3. The van der Waals surface area contributed by atoms with Crippen LogP contribution in [-0.2, 0) is 14.3 Å². The van der Waals surface area contributed by atoms with Crippen molar-refractivity contribution in [2.45, 2.75) is 104 Å². The van der Waals surface area contributed by atoms with Gasteiger partial charge < -0.3 is 9.64 Å². The van der Waals surface area contributed by atoms with Crippen molar-refractivity contribution >= 4 is 11.8 Å². The molecule has 0 amide bonds. The molecule has 0 aromatic carbocycles. The highest BCUT2D eigenvalue weighted by Gasteiger charge is 2.58. The minimum absolute atomic E-state index is 0.0147. The molecule has 1 aliphatic heterocycles. The van der Waals surface area contributed by atoms with Crippen LogP contribution in [0.2, 0.25) is 0 Å². The molecule has 3 saturated carbocycles. The Hall–Kier alpha value is -1.16. The molecule has 5 aliphatic rings. The fraction of sp³-hybridized carbons (Fsp3) is 0.862. The monoisotopic (exact) mass is 455 g/mol. The van der Waals surface area contributed by atoms with Gasteiger partial charge in [-0.05, 0) is 86.5 Å². The third-order valence-corrected chi connectivity index (χ3v) is 10.7. The number of piperidine rings is 1. The van der Waals surface area contributed by atoms with Crippen LogP contribution < -0.4 is 0 Å². The molecule has 1 saturated heterocycles. The Balaban J connectivity index is 1.18. The van der Waals surface area contributed by atoms with E-state index in [1.54, 1.807) is 5.57 Å². The highest BCUT2D eigenvalue weighted by atomic mass is 16.5. The molecular formula is C29H45NO3. The Morgan fingerprint density at radius 1 is 1.06 bits per heavy atom. The van der Waals surface area contributed by atoms with Crippen molar-refractivity contribution in [1.82, 2.24) is 4.90 Å². The van der Waals surface area contributed by atoms with Gasteiger partial charge in [-0.1, -0.05) is 39.3 Å². The van der Waals surface area contributed by atoms with Crippen molar-refractivity contribution < 1.29 is 14.3 Å². The minimum atomic E-state index is -0.0564. The van der Waals surface area contributed by atoms with Gasteiger partial charge in [0.15, 0.2) is 0 Å². The summed E-state index contributed by atoms with van der Waals surface area (Å²) in [6, 6.07) is 0. The summed E-state index contributed by atoms with van der Waals surface area (Å²) >= 11 is 0. The predicted octanol–water partition coefficient (Wildman–Crippen LogP) is 5.94. The second-order valence-electron chi connectivity index (χ2n) is 13.3. The first-order valence-electron chi connectivity index (χ1n) is 13.8. The molecule has 0 radical (unpaired) electrons. The average Bonchev–Trinajstić information content (AvgIpc) is 3.06. The van der Waals surface area contributed by atoms with E-state index in [1.165, 1.54) is 19.3 Å². The van der Waals surface area contributed by atoms with Crippen molar-refractivity contribution in [1.29, 1.82) is 0 Å². The number of ether oxygens (including phenoxy) is 1. The summed E-state index contributed by atoms with van der Waals surface area (Å²) in [5, 5.41) is 0. The number of carbonyl (C=O) groups excluding carboxylic acids is 2. The van der Waals surface area contributed by atoms with Gasteiger partial charge in [-0.3, -0.25) is 9.59 Å². The fourth-order valence-electron chi connectivity index (χ4n) is 8.73. The number of likely N-dealkylation sites (tertiary alicyclic amines) is 1. The molecule has 0 unspecified atom stereocenters. The van der Waals surface area contributed by atoms with Gasteiger partial charge in [0.05, 0.1) is 6.42 Å². The van der Waals surface area contributed by atoms with E-state index in [-0.39, 0.29) is 22.9 Å². The highest BCUT2D eigenvalue weighted by Crippen LogP contribution is 2.64. The lowest BCUT2D eigenvalue weighted by Crippen LogP contribution is -2.50. The summed E-state index contributed by atoms with van der Waals surface area (Å²) in [5.41, 5.74) is 2.08. The first-order valence-corrected chi connectivity index (χ1v) is 13.8. The number of allylic oxidation sites excluding steroid dienone is 1. The minimum Gasteiger partial charge on any atom is -0.462 e. The first-order chi connectivity index (χ1) is 15.6. The molecule has 1 heterocycles. The van der Waals surface area contributed by atoms with E-state index < -0.39 is 0 Å². The van der Waals surface area contributed by atoms with E-state index in [0.29, 0.717) is 35.4 Å². The molecule has 4 fully saturated rings. The molecule has 184 valence electrons. The summed E-state index contributed by atoms with van der Waals surface area (Å²) in [6.07, 6.45) is 13.9. The first kappa shape index (κ1) is 23.6. The lowest BCUT2D eigenvalue weighted by Gasteiger charge is -2.56. The zero-order valence-corrected chi connectivity index (χ0v) is 21.5. The van der Waals surface area contributed by atoms with Crippen LogP contribution in [0.1, 0.15) is 98.3 Å². The van der Waals surface area contributed by atoms with Crippen LogP contribution in [0.15, 0.2) is 11.6 Å². The van der Waals surface area contributed by atoms with Gasteiger partial charge in [0.2, 0.25) is 0 Å². The average molecular weight is 456 g/mol. The van der Waals surface area contributed by atoms with E-state index in [2.05, 4.69) is 38.7 Å². The maximum absolute atomic E-state index is 12.7. The van der Waals surface area contributed by atoms with Gasteiger partial charge in [0.25, 0.3) is 0 Å². The van der Waals surface area contributed by atoms with Crippen molar-refractivity contribution in [3.05, 3.63) is 11.6 Å². The van der Waals surface area contributed by atoms with Crippen LogP contribution in [0.5, 0.6) is 0 Å². The van der Waals surface area contributed by atoms with Gasteiger partial charge in [-0.25, -0.2) is 0 Å². The number of hydrogen-bond acceptors (Lipinski definition) is 4. The molecule has 5 rings (SSSR count). The largest absolute Gasteiger partial charge is 0.462 e. The molecule has 33 heavy (non-hydrogen) atoms. The standard InChI is InChI=1S/C29H45NO3/c1-27(2)13-5-16-30(19-27)17-12-26(32)33-21-10-14-28(3)20(18-21)6-7-22-23-8-9-25(31)29(23,4)15-11-24(22)28/h6,21-24H,5,7-19H2,1-4H3/t21-,22+,23-,24-,28-,29-/m0/s1. The number of fused-ring (bicyclic) bond motifs is 5. The normalized spacial score (nSPS) is 42.7. The van der Waals surface area contributed by atoms with Crippen molar-refractivity contribution in [2.24, 2.45) is 34.0 Å². The number of carbonyl (C=O) groups is 2. The van der Waals surface area contributed by atoms with E-state index in [0.717, 1.165) is 64.6 Å². The van der Waals surface area contributed by atoms with E-state index in [9.17, 15) is 9.59 Å². The van der Waals surface area contributed by atoms with Crippen molar-refractivity contribution in [2.75, 3.05) is 19.6 Å². The SMILES string of the molecule is CC1(C)CCCN(CCC(=O)O[C@H]2CC[C@@]3(C)C(=CC[C@H]4[C@@H]3CC[C@]3(C)C(=O)CC[C@@H]43)C2)C1. The molecule has 0 aromatic rings. The number of Topliss-reactive ketones (excluding diaryl/α,β-unsaturated/α-hetero) is 1. The molecule has 4 heteroatoms. The van der Waals surface area contributed by atoms with E-state index >= 15 is 0 Å². The fourth-order valence-corrected chi connectivity index (χ4v) is 8.73. The van der Waals surface area contributed by atoms with Crippen LogP contribution in [0.4, 0.5) is 0 Å². The van der Waals surface area contributed by atoms with E-state index in [1.807, 2.05) is 0 Å². The topological polar surface area (TPSA) is 46.6 Å². The zero-order chi connectivity index (χ0) is 23.4. The Labute approximate surface area is 200 Å². The van der Waals surface area contributed by atoms with Gasteiger partial charge >= 0.3 is 5.97 Å². The quantitative estimate of drug-likeness (QED) is 0.389. The third-order valence-electron chi connectivity index (χ3n) is 10.7. The lowest BCUT2D eigenvalue weighted by atomic mass is 9.48. The van der Waals surface area contributed by atoms with Gasteiger partial charge in [0, 0.05) is 31.3 Å². The predicted molar refractivity (Wildman–Crippen MR) is 131 cm³/mol. The number of ketones is 1. The number of esters is 1. The molecule has 6 atom stereocenters. The third kappa shape index (κ3) is 4.23. The molecule has 0 aromatic heterocycles. The number of rotatable bonds is 4. The summed E-state index contributed by atoms with van der Waals surface area (Å²) in [4.78, 5) is 27.7. The Kier molecular flexibility index (Phi) is 6.07. The molecule has 4 nitrogen and oxygen atoms in total. The van der Waals surface area contributed by atoms with Gasteiger partial charge in [0.1, 0.15) is 11.9 Å². The van der Waals surface area contributed by atoms with E-state index in [4.69, 9.17) is 4.74 Å². The molecular weight excluding hydrogens is 410 g/mol. The van der Waals surface area contributed by atoms with Crippen molar-refractivity contribution in [3.63, 3.8) is 0 Å². The lowest BCUT2D eigenvalue weighted by molar-refractivity contribution is -0.152. The zero-order valence-electron chi connectivity index (χ0n) is 21.5. The summed E-state index contributed by atoms with van der Waals surface area (Å²) in [6.45, 7) is 12.4. The Morgan fingerprint density at radius 3 is 2.61 bits per heavy atom. The van der Waals surface area contributed by atoms with Gasteiger partial charge in [-0.15, -0.1) is 0 Å². The smallest absolute Gasteiger partial charge is 0.307 e. The number of hydrogen-bond donors (Lipinski definition) is 0. The van der Waals surface area contributed by atoms with Crippen LogP contribution in [0.25, 0.3) is 0 Å².